The second kappa shape index (κ2) is 6.36. The number of hydrogen-bond donors (Lipinski definition) is 2. The van der Waals surface area contributed by atoms with E-state index in [1.807, 2.05) is 0 Å². The van der Waals surface area contributed by atoms with Crippen molar-refractivity contribution in [3.63, 3.8) is 0 Å². The average molecular weight is 243 g/mol. The lowest BCUT2D eigenvalue weighted by atomic mass is 9.96. The van der Waals surface area contributed by atoms with Gasteiger partial charge in [0.2, 0.25) is 0 Å². The number of rotatable bonds is 7. The number of hydrogen-bond acceptors (Lipinski definition) is 3. The van der Waals surface area contributed by atoms with Crippen LogP contribution >= 0.6 is 0 Å². The summed E-state index contributed by atoms with van der Waals surface area (Å²) in [6.07, 6.45) is 3.86. The van der Waals surface area contributed by atoms with Crippen LogP contribution < -0.4 is 5.32 Å². The average Bonchev–Trinajstić information content (AvgIpc) is 2.73. The van der Waals surface area contributed by atoms with Crippen molar-refractivity contribution in [2.45, 2.75) is 45.1 Å². The third kappa shape index (κ3) is 4.64. The lowest BCUT2D eigenvalue weighted by Crippen LogP contribution is -2.33. The van der Waals surface area contributed by atoms with Gasteiger partial charge in [-0.1, -0.05) is 6.42 Å². The first-order valence-electron chi connectivity index (χ1n) is 6.45. The van der Waals surface area contributed by atoms with Crippen LogP contribution in [0, 0.1) is 11.8 Å². The highest BCUT2D eigenvalue weighted by Gasteiger charge is 2.32. The molecule has 0 radical (unpaired) electrons. The van der Waals surface area contributed by atoms with Crippen molar-refractivity contribution >= 4 is 5.97 Å². The third-order valence-corrected chi connectivity index (χ3v) is 3.84. The van der Waals surface area contributed by atoms with E-state index >= 15 is 0 Å². The van der Waals surface area contributed by atoms with Gasteiger partial charge in [-0.15, -0.1) is 0 Å². The van der Waals surface area contributed by atoms with Crippen molar-refractivity contribution < 1.29 is 14.6 Å². The number of carbonyl (C=O) groups is 1. The normalized spacial score (nSPS) is 25.1. The number of methoxy groups -OCH3 is 1. The minimum Gasteiger partial charge on any atom is -0.481 e. The van der Waals surface area contributed by atoms with Gasteiger partial charge in [0.1, 0.15) is 0 Å². The Labute approximate surface area is 104 Å². The maximum atomic E-state index is 11.0. The molecule has 4 nitrogen and oxygen atoms in total. The van der Waals surface area contributed by atoms with Gasteiger partial charge in [-0.25, -0.2) is 0 Å². The molecule has 0 amide bonds. The Balaban J connectivity index is 2.20. The zero-order chi connectivity index (χ0) is 12.9. The molecular formula is C13H25NO3. The van der Waals surface area contributed by atoms with Gasteiger partial charge >= 0.3 is 5.97 Å². The third-order valence-electron chi connectivity index (χ3n) is 3.84. The van der Waals surface area contributed by atoms with E-state index in [0.717, 1.165) is 38.8 Å². The number of carboxylic acid groups (broad SMARTS) is 1. The first-order chi connectivity index (χ1) is 7.96. The molecule has 1 aliphatic carbocycles. The van der Waals surface area contributed by atoms with E-state index in [-0.39, 0.29) is 11.5 Å². The van der Waals surface area contributed by atoms with Crippen molar-refractivity contribution in [2.75, 3.05) is 20.2 Å². The van der Waals surface area contributed by atoms with Crippen molar-refractivity contribution in [1.29, 1.82) is 0 Å². The van der Waals surface area contributed by atoms with Crippen LogP contribution in [0.3, 0.4) is 0 Å². The van der Waals surface area contributed by atoms with Crippen molar-refractivity contribution in [2.24, 2.45) is 11.8 Å². The van der Waals surface area contributed by atoms with E-state index in [9.17, 15) is 4.79 Å². The standard InChI is InChI=1S/C13H25NO3/c1-13(2,17-3)7-8-14-9-10-5-4-6-11(10)12(15)16/h10-11,14H,4-9H2,1-3H3,(H,15,16). The van der Waals surface area contributed by atoms with Crippen LogP contribution in [0.2, 0.25) is 0 Å². The van der Waals surface area contributed by atoms with Gasteiger partial charge in [-0.3, -0.25) is 4.79 Å². The molecule has 17 heavy (non-hydrogen) atoms. The van der Waals surface area contributed by atoms with E-state index in [0.29, 0.717) is 5.92 Å². The summed E-state index contributed by atoms with van der Waals surface area (Å²) < 4.78 is 5.33. The molecule has 0 spiro atoms. The fourth-order valence-corrected chi connectivity index (χ4v) is 2.39. The molecule has 2 atom stereocenters. The Hall–Kier alpha value is -0.610. The Bertz CT molecular complexity index is 253. The molecule has 0 aliphatic heterocycles. The van der Waals surface area contributed by atoms with E-state index in [2.05, 4.69) is 19.2 Å². The van der Waals surface area contributed by atoms with Crippen molar-refractivity contribution in [3.05, 3.63) is 0 Å². The Morgan fingerprint density at radius 1 is 1.47 bits per heavy atom. The van der Waals surface area contributed by atoms with E-state index in [1.165, 1.54) is 0 Å². The molecule has 0 aromatic rings. The zero-order valence-electron chi connectivity index (χ0n) is 11.2. The summed E-state index contributed by atoms with van der Waals surface area (Å²) in [5.74, 6) is -0.470. The van der Waals surface area contributed by atoms with Gasteiger partial charge in [-0.2, -0.15) is 0 Å². The molecule has 0 aromatic heterocycles. The van der Waals surface area contributed by atoms with E-state index < -0.39 is 5.97 Å². The molecule has 1 aliphatic rings. The number of carboxylic acids is 1. The lowest BCUT2D eigenvalue weighted by Gasteiger charge is -2.23. The summed E-state index contributed by atoms with van der Waals surface area (Å²) in [5, 5.41) is 12.4. The maximum Gasteiger partial charge on any atom is 0.306 e. The van der Waals surface area contributed by atoms with Crippen LogP contribution in [0.1, 0.15) is 39.5 Å². The molecule has 2 unspecified atom stereocenters. The fourth-order valence-electron chi connectivity index (χ4n) is 2.39. The Morgan fingerprint density at radius 3 is 2.76 bits per heavy atom. The topological polar surface area (TPSA) is 58.6 Å². The zero-order valence-corrected chi connectivity index (χ0v) is 11.2. The van der Waals surface area contributed by atoms with Crippen LogP contribution in [0.15, 0.2) is 0 Å². The minimum absolute atomic E-state index is 0.102. The predicted molar refractivity (Wildman–Crippen MR) is 67.0 cm³/mol. The van der Waals surface area contributed by atoms with Gasteiger partial charge in [0.15, 0.2) is 0 Å². The maximum absolute atomic E-state index is 11.0. The Morgan fingerprint density at radius 2 is 2.18 bits per heavy atom. The van der Waals surface area contributed by atoms with Crippen LogP contribution in [0.4, 0.5) is 0 Å². The SMILES string of the molecule is COC(C)(C)CCNCC1CCCC1C(=O)O. The minimum atomic E-state index is -0.633. The summed E-state index contributed by atoms with van der Waals surface area (Å²) in [4.78, 5) is 11.0. The summed E-state index contributed by atoms with van der Waals surface area (Å²) in [6.45, 7) is 5.81. The molecule has 1 fully saturated rings. The van der Waals surface area contributed by atoms with Gasteiger partial charge in [0.05, 0.1) is 11.5 Å². The van der Waals surface area contributed by atoms with Gasteiger partial charge in [0.25, 0.3) is 0 Å². The fraction of sp³-hybridized carbons (Fsp3) is 0.923. The Kier molecular flexibility index (Phi) is 5.40. The van der Waals surface area contributed by atoms with Gasteiger partial charge in [0, 0.05) is 7.11 Å². The van der Waals surface area contributed by atoms with Crippen molar-refractivity contribution in [1.82, 2.24) is 5.32 Å². The molecule has 0 bridgehead atoms. The van der Waals surface area contributed by atoms with Crippen LogP contribution in [0.5, 0.6) is 0 Å². The molecule has 1 rings (SSSR count). The number of ether oxygens (including phenoxy) is 1. The molecule has 0 heterocycles. The highest BCUT2D eigenvalue weighted by Crippen LogP contribution is 2.31. The van der Waals surface area contributed by atoms with Gasteiger partial charge in [-0.05, 0) is 52.1 Å². The van der Waals surface area contributed by atoms with Gasteiger partial charge < -0.3 is 15.2 Å². The molecule has 1 saturated carbocycles. The quantitative estimate of drug-likeness (QED) is 0.670. The highest BCUT2D eigenvalue weighted by molar-refractivity contribution is 5.70. The van der Waals surface area contributed by atoms with Crippen LogP contribution in [-0.2, 0) is 9.53 Å². The summed E-state index contributed by atoms with van der Waals surface area (Å²) >= 11 is 0. The van der Waals surface area contributed by atoms with E-state index in [4.69, 9.17) is 9.84 Å². The lowest BCUT2D eigenvalue weighted by molar-refractivity contribution is -0.142. The van der Waals surface area contributed by atoms with Crippen molar-refractivity contribution in [3.8, 4) is 0 Å². The second-order valence-corrected chi connectivity index (χ2v) is 5.55. The number of aliphatic carboxylic acids is 1. The molecule has 4 heteroatoms. The van der Waals surface area contributed by atoms with E-state index in [1.54, 1.807) is 7.11 Å². The summed E-state index contributed by atoms with van der Waals surface area (Å²) in [5.41, 5.74) is -0.102. The smallest absolute Gasteiger partial charge is 0.306 e. The number of nitrogens with one attached hydrogen (secondary N) is 1. The largest absolute Gasteiger partial charge is 0.481 e. The molecule has 0 saturated heterocycles. The van der Waals surface area contributed by atoms with Crippen LogP contribution in [-0.4, -0.2) is 36.9 Å². The summed E-state index contributed by atoms with van der Waals surface area (Å²) in [6, 6.07) is 0. The predicted octanol–water partition coefficient (Wildman–Crippen LogP) is 1.89. The second-order valence-electron chi connectivity index (χ2n) is 5.55. The molecule has 2 N–H and O–H groups in total. The molecule has 100 valence electrons. The first kappa shape index (κ1) is 14.5. The highest BCUT2D eigenvalue weighted by atomic mass is 16.5. The van der Waals surface area contributed by atoms with Crippen LogP contribution in [0.25, 0.3) is 0 Å². The molecular weight excluding hydrogens is 218 g/mol. The monoisotopic (exact) mass is 243 g/mol. The molecule has 0 aromatic carbocycles. The first-order valence-corrected chi connectivity index (χ1v) is 6.45. The summed E-state index contributed by atoms with van der Waals surface area (Å²) in [7, 11) is 1.72.